The van der Waals surface area contributed by atoms with Gasteiger partial charge in [-0.1, -0.05) is 0 Å². The van der Waals surface area contributed by atoms with Crippen molar-refractivity contribution in [3.8, 4) is 0 Å². The molecule has 1 N–H and O–H groups in total. The van der Waals surface area contributed by atoms with E-state index < -0.39 is 0 Å². The normalized spacial score (nSPS) is 13.8. The lowest BCUT2D eigenvalue weighted by molar-refractivity contribution is 0.0949. The monoisotopic (exact) mass is 354 g/mol. The third kappa shape index (κ3) is 3.58. The minimum Gasteiger partial charge on any atom is -0.351 e. The van der Waals surface area contributed by atoms with E-state index in [2.05, 4.69) is 10.3 Å². The van der Waals surface area contributed by atoms with E-state index in [9.17, 15) is 4.79 Å². The van der Waals surface area contributed by atoms with Crippen LogP contribution in [0.4, 0.5) is 0 Å². The molecule has 0 unspecified atom stereocenters. The molecule has 0 saturated heterocycles. The van der Waals surface area contributed by atoms with Gasteiger partial charge < -0.3 is 9.72 Å². The predicted octanol–water partition coefficient (Wildman–Crippen LogP) is 3.34. The molecule has 0 aromatic carbocycles. The quantitative estimate of drug-likeness (QED) is 0.715. The van der Waals surface area contributed by atoms with Gasteiger partial charge in [0.25, 0.3) is 5.91 Å². The summed E-state index contributed by atoms with van der Waals surface area (Å²) in [6.45, 7) is 2.67. The Hall–Kier alpha value is -2.21. The number of pyridine rings is 1. The first-order chi connectivity index (χ1) is 12.2. The number of carbonyl (C=O) groups excluding carboxylic acids is 1. The van der Waals surface area contributed by atoms with Crippen molar-refractivity contribution in [2.24, 2.45) is 0 Å². The highest BCUT2D eigenvalue weighted by molar-refractivity contribution is 7.11. The number of fused-ring (bicyclic) bond motifs is 2. The lowest BCUT2D eigenvalue weighted by Gasteiger charge is -2.06. The molecule has 0 atom stereocenters. The van der Waals surface area contributed by atoms with Crippen molar-refractivity contribution < 1.29 is 4.79 Å². The van der Waals surface area contributed by atoms with Crippen molar-refractivity contribution in [3.63, 3.8) is 0 Å². The SMILES string of the molecule is Cc1ccn2cc(C(=O)NCCCc3nc4c(s3)CCCC4)nc2c1. The molecule has 25 heavy (non-hydrogen) atoms. The molecular formula is C19H22N4OS. The van der Waals surface area contributed by atoms with Crippen molar-refractivity contribution in [3.05, 3.63) is 51.4 Å². The molecule has 5 nitrogen and oxygen atoms in total. The zero-order chi connectivity index (χ0) is 17.2. The molecule has 0 saturated carbocycles. The summed E-state index contributed by atoms with van der Waals surface area (Å²) in [5.41, 5.74) is 3.72. The summed E-state index contributed by atoms with van der Waals surface area (Å²) in [6.07, 6.45) is 10.4. The van der Waals surface area contributed by atoms with Crippen LogP contribution in [-0.4, -0.2) is 26.8 Å². The Morgan fingerprint density at radius 1 is 1.32 bits per heavy atom. The van der Waals surface area contributed by atoms with Gasteiger partial charge in [0.1, 0.15) is 11.3 Å². The first-order valence-corrected chi connectivity index (χ1v) is 9.72. The lowest BCUT2D eigenvalue weighted by atomic mass is 10.0. The number of imidazole rings is 1. The molecule has 3 heterocycles. The van der Waals surface area contributed by atoms with Crippen LogP contribution in [0, 0.1) is 6.92 Å². The number of aromatic nitrogens is 3. The van der Waals surface area contributed by atoms with E-state index in [4.69, 9.17) is 4.98 Å². The van der Waals surface area contributed by atoms with E-state index in [0.29, 0.717) is 12.2 Å². The van der Waals surface area contributed by atoms with E-state index in [-0.39, 0.29) is 5.91 Å². The van der Waals surface area contributed by atoms with E-state index in [1.54, 1.807) is 6.20 Å². The van der Waals surface area contributed by atoms with Crippen LogP contribution in [0.1, 0.15) is 50.9 Å². The van der Waals surface area contributed by atoms with Crippen LogP contribution in [0.25, 0.3) is 5.65 Å². The van der Waals surface area contributed by atoms with E-state index in [0.717, 1.165) is 30.5 Å². The minimum atomic E-state index is -0.111. The third-order valence-electron chi connectivity index (χ3n) is 4.59. The van der Waals surface area contributed by atoms with Gasteiger partial charge in [-0.2, -0.15) is 0 Å². The molecule has 0 fully saturated rings. The van der Waals surface area contributed by atoms with Gasteiger partial charge in [0, 0.05) is 30.2 Å². The van der Waals surface area contributed by atoms with E-state index >= 15 is 0 Å². The molecule has 0 aliphatic heterocycles. The van der Waals surface area contributed by atoms with Gasteiger partial charge in [0.2, 0.25) is 0 Å². The summed E-state index contributed by atoms with van der Waals surface area (Å²) in [6, 6.07) is 3.98. The number of hydrogen-bond donors (Lipinski definition) is 1. The average molecular weight is 354 g/mol. The fraction of sp³-hybridized carbons (Fsp3) is 0.421. The maximum Gasteiger partial charge on any atom is 0.271 e. The highest BCUT2D eigenvalue weighted by atomic mass is 32.1. The summed E-state index contributed by atoms with van der Waals surface area (Å²) in [7, 11) is 0. The van der Waals surface area contributed by atoms with E-state index in [1.807, 2.05) is 41.0 Å². The van der Waals surface area contributed by atoms with Crippen LogP contribution in [0.5, 0.6) is 0 Å². The number of rotatable bonds is 5. The Bertz CT molecular complexity index is 888. The molecule has 3 aromatic rings. The first kappa shape index (κ1) is 16.3. The second-order valence-corrected chi connectivity index (χ2v) is 7.81. The molecule has 130 valence electrons. The molecule has 4 rings (SSSR count). The highest BCUT2D eigenvalue weighted by Crippen LogP contribution is 2.27. The Balaban J connectivity index is 1.30. The summed E-state index contributed by atoms with van der Waals surface area (Å²) >= 11 is 1.86. The fourth-order valence-electron chi connectivity index (χ4n) is 3.24. The standard InChI is InChI=1S/C19H22N4OS/c1-13-8-10-23-12-15(21-17(23)11-13)19(24)20-9-4-7-18-22-14-5-2-3-6-16(14)25-18/h8,10-12H,2-7,9H2,1H3,(H,20,24). The number of amides is 1. The van der Waals surface area contributed by atoms with Gasteiger partial charge in [-0.25, -0.2) is 9.97 Å². The Morgan fingerprint density at radius 3 is 3.08 bits per heavy atom. The second-order valence-electron chi connectivity index (χ2n) is 6.64. The number of carbonyl (C=O) groups is 1. The van der Waals surface area contributed by atoms with Crippen LogP contribution < -0.4 is 5.32 Å². The van der Waals surface area contributed by atoms with Crippen LogP contribution in [0.3, 0.4) is 0 Å². The number of thiazole rings is 1. The van der Waals surface area contributed by atoms with Gasteiger partial charge in [-0.15, -0.1) is 11.3 Å². The summed E-state index contributed by atoms with van der Waals surface area (Å²) < 4.78 is 1.88. The molecular weight excluding hydrogens is 332 g/mol. The topological polar surface area (TPSA) is 59.3 Å². The largest absolute Gasteiger partial charge is 0.351 e. The third-order valence-corrected chi connectivity index (χ3v) is 5.81. The molecule has 1 amide bonds. The van der Waals surface area contributed by atoms with Crippen molar-refractivity contribution in [2.75, 3.05) is 6.54 Å². The Labute approximate surface area is 151 Å². The highest BCUT2D eigenvalue weighted by Gasteiger charge is 2.15. The van der Waals surface area contributed by atoms with Gasteiger partial charge in [-0.3, -0.25) is 4.79 Å². The van der Waals surface area contributed by atoms with E-state index in [1.165, 1.54) is 34.8 Å². The summed E-state index contributed by atoms with van der Waals surface area (Å²) in [4.78, 5) is 22.9. The van der Waals surface area contributed by atoms with Crippen LogP contribution in [0.2, 0.25) is 0 Å². The van der Waals surface area contributed by atoms with Crippen molar-refractivity contribution in [1.82, 2.24) is 19.7 Å². The van der Waals surface area contributed by atoms with Crippen LogP contribution in [-0.2, 0) is 19.3 Å². The maximum atomic E-state index is 12.3. The zero-order valence-electron chi connectivity index (χ0n) is 14.4. The van der Waals surface area contributed by atoms with Crippen LogP contribution in [0.15, 0.2) is 24.5 Å². The van der Waals surface area contributed by atoms with Crippen molar-refractivity contribution in [1.29, 1.82) is 0 Å². The molecule has 0 bridgehead atoms. The number of aryl methyl sites for hydroxylation is 4. The molecule has 1 aliphatic rings. The number of hydrogen-bond acceptors (Lipinski definition) is 4. The van der Waals surface area contributed by atoms with Crippen molar-refractivity contribution >= 4 is 22.9 Å². The predicted molar refractivity (Wildman–Crippen MR) is 99.3 cm³/mol. The van der Waals surface area contributed by atoms with Crippen molar-refractivity contribution in [2.45, 2.75) is 45.4 Å². The van der Waals surface area contributed by atoms with Gasteiger partial charge >= 0.3 is 0 Å². The summed E-state index contributed by atoms with van der Waals surface area (Å²) in [5.74, 6) is -0.111. The van der Waals surface area contributed by atoms with Crippen LogP contribution >= 0.6 is 11.3 Å². The van der Waals surface area contributed by atoms with Gasteiger partial charge in [0.15, 0.2) is 0 Å². The fourth-order valence-corrected chi connectivity index (χ4v) is 4.44. The summed E-state index contributed by atoms with van der Waals surface area (Å²) in [5, 5.41) is 4.18. The molecule has 1 aliphatic carbocycles. The Kier molecular flexibility index (Phi) is 4.53. The number of nitrogens with one attached hydrogen (secondary N) is 1. The number of nitrogens with zero attached hydrogens (tertiary/aromatic N) is 3. The van der Waals surface area contributed by atoms with Gasteiger partial charge in [-0.05, 0) is 56.7 Å². The minimum absolute atomic E-state index is 0.111. The van der Waals surface area contributed by atoms with Gasteiger partial charge in [0.05, 0.1) is 10.7 Å². The second kappa shape index (κ2) is 6.96. The Morgan fingerprint density at radius 2 is 2.20 bits per heavy atom. The molecule has 0 spiro atoms. The smallest absolute Gasteiger partial charge is 0.271 e. The maximum absolute atomic E-state index is 12.3. The first-order valence-electron chi connectivity index (χ1n) is 8.90. The zero-order valence-corrected chi connectivity index (χ0v) is 15.2. The molecule has 0 radical (unpaired) electrons. The molecule has 6 heteroatoms. The average Bonchev–Trinajstić information content (AvgIpc) is 3.21. The lowest BCUT2D eigenvalue weighted by Crippen LogP contribution is -2.25. The molecule has 3 aromatic heterocycles.